The minimum absolute atomic E-state index is 0.0784. The molecule has 0 aliphatic carbocycles. The highest BCUT2D eigenvalue weighted by Crippen LogP contribution is 2.31. The molecule has 0 radical (unpaired) electrons. The third kappa shape index (κ3) is 2.08. The highest BCUT2D eigenvalue weighted by molar-refractivity contribution is 9.10. The van der Waals surface area contributed by atoms with Crippen molar-refractivity contribution in [2.75, 3.05) is 14.2 Å². The third-order valence-electron chi connectivity index (χ3n) is 2.36. The Morgan fingerprint density at radius 3 is 2.11 bits per heavy atom. The smallest absolute Gasteiger partial charge is 0.270 e. The number of fused-ring (bicyclic) bond motifs is 1. The summed E-state index contributed by atoms with van der Waals surface area (Å²) in [6, 6.07) is 3.32. The van der Waals surface area contributed by atoms with Gasteiger partial charge in [0, 0.05) is 12.1 Å². The van der Waals surface area contributed by atoms with Crippen molar-refractivity contribution in [1.82, 2.24) is 9.97 Å². The van der Waals surface area contributed by atoms with Crippen molar-refractivity contribution < 1.29 is 14.3 Å². The first kappa shape index (κ1) is 12.6. The summed E-state index contributed by atoms with van der Waals surface area (Å²) in [5.41, 5.74) is 6.36. The number of carbonyl (C=O) groups is 1. The van der Waals surface area contributed by atoms with E-state index in [1.807, 2.05) is 0 Å². The van der Waals surface area contributed by atoms with Crippen molar-refractivity contribution in [3.8, 4) is 11.5 Å². The standard InChI is InChI=1S/C11H10BrN3O3/c1-17-7-3-5-6(4-8(7)18-2)15-10(12)9(14-5)11(13)16/h3-4H,1-2H3,(H2,13,16). The van der Waals surface area contributed by atoms with Gasteiger partial charge < -0.3 is 15.2 Å². The molecule has 0 saturated heterocycles. The number of benzene rings is 1. The Balaban J connectivity index is 2.73. The summed E-state index contributed by atoms with van der Waals surface area (Å²) in [7, 11) is 3.05. The molecule has 0 atom stereocenters. The average Bonchev–Trinajstić information content (AvgIpc) is 2.36. The van der Waals surface area contributed by atoms with Gasteiger partial charge in [-0.05, 0) is 15.9 Å². The predicted octanol–water partition coefficient (Wildman–Crippen LogP) is 1.51. The van der Waals surface area contributed by atoms with Crippen LogP contribution < -0.4 is 15.2 Å². The molecule has 1 amide bonds. The summed E-state index contributed by atoms with van der Waals surface area (Å²) in [6.07, 6.45) is 0. The lowest BCUT2D eigenvalue weighted by molar-refractivity contribution is 0.0994. The molecule has 7 heteroatoms. The number of rotatable bonds is 3. The second kappa shape index (κ2) is 4.77. The molecule has 6 nitrogen and oxygen atoms in total. The van der Waals surface area contributed by atoms with Crippen LogP contribution in [0.3, 0.4) is 0 Å². The fourth-order valence-electron chi connectivity index (χ4n) is 1.52. The van der Waals surface area contributed by atoms with Gasteiger partial charge in [-0.15, -0.1) is 0 Å². The van der Waals surface area contributed by atoms with Gasteiger partial charge in [0.1, 0.15) is 4.60 Å². The minimum Gasteiger partial charge on any atom is -0.493 e. The highest BCUT2D eigenvalue weighted by atomic mass is 79.9. The molecular weight excluding hydrogens is 302 g/mol. The molecule has 2 N–H and O–H groups in total. The van der Waals surface area contributed by atoms with Gasteiger partial charge in [-0.25, -0.2) is 9.97 Å². The molecule has 0 spiro atoms. The Morgan fingerprint density at radius 2 is 1.67 bits per heavy atom. The molecular formula is C11H10BrN3O3. The normalized spacial score (nSPS) is 10.4. The van der Waals surface area contributed by atoms with Crippen LogP contribution in [0.25, 0.3) is 11.0 Å². The zero-order valence-corrected chi connectivity index (χ0v) is 11.3. The molecule has 0 unspecified atom stereocenters. The van der Waals surface area contributed by atoms with Crippen molar-refractivity contribution in [3.63, 3.8) is 0 Å². The van der Waals surface area contributed by atoms with Gasteiger partial charge in [0.2, 0.25) is 0 Å². The number of primary amides is 1. The molecule has 0 fully saturated rings. The maximum absolute atomic E-state index is 11.2. The Kier molecular flexibility index (Phi) is 3.33. The third-order valence-corrected chi connectivity index (χ3v) is 2.91. The molecule has 94 valence electrons. The van der Waals surface area contributed by atoms with Gasteiger partial charge in [0.25, 0.3) is 5.91 Å². The molecule has 2 aromatic rings. The first-order valence-electron chi connectivity index (χ1n) is 4.96. The molecule has 0 bridgehead atoms. The van der Waals surface area contributed by atoms with Crippen molar-refractivity contribution in [3.05, 3.63) is 22.4 Å². The number of nitrogens with two attached hydrogens (primary N) is 1. The summed E-state index contributed by atoms with van der Waals surface area (Å²) in [5.74, 6) is 0.404. The summed E-state index contributed by atoms with van der Waals surface area (Å²) >= 11 is 3.15. The van der Waals surface area contributed by atoms with Crippen LogP contribution in [0.5, 0.6) is 11.5 Å². The van der Waals surface area contributed by atoms with Crippen molar-refractivity contribution in [2.24, 2.45) is 5.73 Å². The summed E-state index contributed by atoms with van der Waals surface area (Å²) in [6.45, 7) is 0. The summed E-state index contributed by atoms with van der Waals surface area (Å²) in [4.78, 5) is 19.5. The quantitative estimate of drug-likeness (QED) is 0.928. The largest absolute Gasteiger partial charge is 0.493 e. The van der Waals surface area contributed by atoms with Gasteiger partial charge in [0.05, 0.1) is 25.3 Å². The number of hydrogen-bond donors (Lipinski definition) is 1. The monoisotopic (exact) mass is 311 g/mol. The number of aromatic nitrogens is 2. The average molecular weight is 312 g/mol. The molecule has 18 heavy (non-hydrogen) atoms. The van der Waals surface area contributed by atoms with Crippen LogP contribution in [0.15, 0.2) is 16.7 Å². The van der Waals surface area contributed by atoms with E-state index in [4.69, 9.17) is 15.2 Å². The Hall–Kier alpha value is -1.89. The SMILES string of the molecule is COc1cc2nc(Br)c(C(N)=O)nc2cc1OC. The molecule has 0 aliphatic heterocycles. The lowest BCUT2D eigenvalue weighted by atomic mass is 10.2. The maximum atomic E-state index is 11.2. The Morgan fingerprint density at radius 1 is 1.17 bits per heavy atom. The van der Waals surface area contributed by atoms with Crippen molar-refractivity contribution in [1.29, 1.82) is 0 Å². The minimum atomic E-state index is -0.647. The van der Waals surface area contributed by atoms with E-state index in [9.17, 15) is 4.79 Å². The number of hydrogen-bond acceptors (Lipinski definition) is 5. The van der Waals surface area contributed by atoms with E-state index in [1.54, 1.807) is 12.1 Å². The van der Waals surface area contributed by atoms with Crippen LogP contribution in [-0.2, 0) is 0 Å². The van der Waals surface area contributed by atoms with Crippen LogP contribution in [0.4, 0.5) is 0 Å². The van der Waals surface area contributed by atoms with Gasteiger partial charge in [-0.2, -0.15) is 0 Å². The van der Waals surface area contributed by atoms with Crippen molar-refractivity contribution >= 4 is 32.9 Å². The van der Waals surface area contributed by atoms with E-state index in [0.29, 0.717) is 27.1 Å². The predicted molar refractivity (Wildman–Crippen MR) is 68.9 cm³/mol. The van der Waals surface area contributed by atoms with Crippen LogP contribution in [-0.4, -0.2) is 30.1 Å². The van der Waals surface area contributed by atoms with Crippen molar-refractivity contribution in [2.45, 2.75) is 0 Å². The fraction of sp³-hybridized carbons (Fsp3) is 0.182. The molecule has 1 aromatic carbocycles. The van der Waals surface area contributed by atoms with Crippen LogP contribution in [0, 0.1) is 0 Å². The molecule has 1 aromatic heterocycles. The highest BCUT2D eigenvalue weighted by Gasteiger charge is 2.14. The number of methoxy groups -OCH3 is 2. The second-order valence-corrected chi connectivity index (χ2v) is 4.17. The van der Waals surface area contributed by atoms with E-state index in [-0.39, 0.29) is 5.69 Å². The van der Waals surface area contributed by atoms with E-state index in [2.05, 4.69) is 25.9 Å². The Bertz CT molecular complexity index is 630. The van der Waals surface area contributed by atoms with E-state index in [0.717, 1.165) is 0 Å². The summed E-state index contributed by atoms with van der Waals surface area (Å²) in [5, 5.41) is 0. The lowest BCUT2D eigenvalue weighted by Gasteiger charge is -2.09. The maximum Gasteiger partial charge on any atom is 0.270 e. The zero-order valence-electron chi connectivity index (χ0n) is 9.73. The van der Waals surface area contributed by atoms with Gasteiger partial charge in [-0.1, -0.05) is 0 Å². The van der Waals surface area contributed by atoms with Gasteiger partial charge in [-0.3, -0.25) is 4.79 Å². The molecule has 0 aliphatic rings. The molecule has 1 heterocycles. The van der Waals surface area contributed by atoms with Crippen LogP contribution in [0.1, 0.15) is 10.5 Å². The zero-order chi connectivity index (χ0) is 13.3. The number of ether oxygens (including phenoxy) is 2. The van der Waals surface area contributed by atoms with E-state index >= 15 is 0 Å². The number of nitrogens with zero attached hydrogens (tertiary/aromatic N) is 2. The lowest BCUT2D eigenvalue weighted by Crippen LogP contribution is -2.14. The second-order valence-electron chi connectivity index (χ2n) is 3.42. The first-order chi connectivity index (χ1) is 8.56. The first-order valence-corrected chi connectivity index (χ1v) is 5.75. The van der Waals surface area contributed by atoms with Gasteiger partial charge in [0.15, 0.2) is 17.2 Å². The Labute approximate surface area is 111 Å². The van der Waals surface area contributed by atoms with E-state index < -0.39 is 5.91 Å². The van der Waals surface area contributed by atoms with E-state index in [1.165, 1.54) is 14.2 Å². The fourth-order valence-corrected chi connectivity index (χ4v) is 1.99. The van der Waals surface area contributed by atoms with Crippen LogP contribution >= 0.6 is 15.9 Å². The topological polar surface area (TPSA) is 87.3 Å². The van der Waals surface area contributed by atoms with Gasteiger partial charge >= 0.3 is 0 Å². The van der Waals surface area contributed by atoms with Crippen LogP contribution in [0.2, 0.25) is 0 Å². The molecule has 2 rings (SSSR count). The summed E-state index contributed by atoms with van der Waals surface area (Å²) < 4.78 is 10.6. The number of amides is 1. The number of halogens is 1. The number of carbonyl (C=O) groups excluding carboxylic acids is 1. The molecule has 0 saturated carbocycles.